The topological polar surface area (TPSA) is 55.8 Å². The van der Waals surface area contributed by atoms with Crippen molar-refractivity contribution in [3.05, 3.63) is 83.2 Å². The van der Waals surface area contributed by atoms with Crippen LogP contribution in [0.5, 0.6) is 11.5 Å². The molecule has 5 rings (SSSR count). The van der Waals surface area contributed by atoms with Crippen LogP contribution in [0.4, 0.5) is 4.39 Å². The molecule has 2 saturated carbocycles. The number of carboxylic acids is 1. The predicted molar refractivity (Wildman–Crippen MR) is 152 cm³/mol. The van der Waals surface area contributed by atoms with Crippen LogP contribution >= 0.6 is 0 Å². The number of aliphatic carboxylic acids is 1. The molecule has 5 heteroatoms. The van der Waals surface area contributed by atoms with Crippen LogP contribution in [-0.4, -0.2) is 18.2 Å². The van der Waals surface area contributed by atoms with Crippen LogP contribution in [0.25, 0.3) is 11.1 Å². The van der Waals surface area contributed by atoms with E-state index in [1.54, 1.807) is 19.2 Å². The molecule has 2 atom stereocenters. The minimum Gasteiger partial charge on any atom is -0.497 e. The van der Waals surface area contributed by atoms with Crippen molar-refractivity contribution in [2.75, 3.05) is 7.11 Å². The summed E-state index contributed by atoms with van der Waals surface area (Å²) in [6.45, 7) is 5.03. The van der Waals surface area contributed by atoms with E-state index >= 15 is 4.39 Å². The van der Waals surface area contributed by atoms with Crippen LogP contribution < -0.4 is 9.47 Å². The van der Waals surface area contributed by atoms with Crippen molar-refractivity contribution >= 4 is 5.97 Å². The van der Waals surface area contributed by atoms with Gasteiger partial charge in [0, 0.05) is 5.56 Å². The van der Waals surface area contributed by atoms with Crippen molar-refractivity contribution in [2.24, 2.45) is 11.3 Å². The van der Waals surface area contributed by atoms with E-state index in [1.807, 2.05) is 36.4 Å². The molecule has 0 bridgehead atoms. The molecule has 206 valence electrons. The molecule has 2 aliphatic carbocycles. The molecule has 0 heterocycles. The largest absolute Gasteiger partial charge is 0.497 e. The third-order valence-electron chi connectivity index (χ3n) is 8.74. The van der Waals surface area contributed by atoms with Gasteiger partial charge < -0.3 is 14.6 Å². The molecule has 3 aromatic rings. The second kappa shape index (κ2) is 11.4. The van der Waals surface area contributed by atoms with Crippen molar-refractivity contribution < 1.29 is 23.8 Å². The molecular weight excluding hydrogens is 491 g/mol. The fraction of sp³-hybridized carbons (Fsp3) is 0.441. The molecule has 4 nitrogen and oxygen atoms in total. The number of carbonyl (C=O) groups is 1. The van der Waals surface area contributed by atoms with Gasteiger partial charge in [-0.25, -0.2) is 4.39 Å². The molecule has 1 N–H and O–H groups in total. The van der Waals surface area contributed by atoms with E-state index in [0.717, 1.165) is 53.7 Å². The number of hydrogen-bond acceptors (Lipinski definition) is 3. The lowest BCUT2D eigenvalue weighted by Gasteiger charge is -2.40. The highest BCUT2D eigenvalue weighted by atomic mass is 19.1. The summed E-state index contributed by atoms with van der Waals surface area (Å²) in [4.78, 5) is 11.4. The van der Waals surface area contributed by atoms with Gasteiger partial charge in [0.1, 0.15) is 23.9 Å². The quantitative estimate of drug-likeness (QED) is 0.285. The molecule has 0 aliphatic heterocycles. The lowest BCUT2D eigenvalue weighted by Crippen LogP contribution is -2.26. The molecule has 1 unspecified atom stereocenters. The molecule has 0 spiro atoms. The second-order valence-corrected chi connectivity index (χ2v) is 12.0. The Bertz CT molecular complexity index is 1330. The van der Waals surface area contributed by atoms with Crippen LogP contribution in [-0.2, 0) is 11.4 Å². The van der Waals surface area contributed by atoms with Crippen LogP contribution in [0, 0.1) is 17.2 Å². The summed E-state index contributed by atoms with van der Waals surface area (Å²) in [5.41, 5.74) is 4.82. The maximum atomic E-state index is 15.1. The van der Waals surface area contributed by atoms with Crippen LogP contribution in [0.15, 0.2) is 60.7 Å². The second-order valence-electron chi connectivity index (χ2n) is 12.0. The van der Waals surface area contributed by atoms with Gasteiger partial charge in [-0.3, -0.25) is 4.79 Å². The normalized spacial score (nSPS) is 19.3. The van der Waals surface area contributed by atoms with Crippen molar-refractivity contribution in [1.29, 1.82) is 0 Å². The molecule has 39 heavy (non-hydrogen) atoms. The highest BCUT2D eigenvalue weighted by Gasteiger charge is 2.35. The van der Waals surface area contributed by atoms with E-state index in [2.05, 4.69) is 19.9 Å². The molecule has 0 aromatic heterocycles. The lowest BCUT2D eigenvalue weighted by atomic mass is 9.65. The van der Waals surface area contributed by atoms with Gasteiger partial charge in [-0.15, -0.1) is 0 Å². The minimum absolute atomic E-state index is 0.0308. The Morgan fingerprint density at radius 3 is 2.54 bits per heavy atom. The Kier molecular flexibility index (Phi) is 7.97. The standard InChI is InChI=1S/C34H39FO4/c1-34(2)16-5-4-9-31(34)29-17-22(10-14-27(29)30-19-25(38-3)13-15-32(30)35)21-39-26-8-6-7-24(18-26)28(20-33(36)37)23-11-12-23/h6-8,10,13-15,17-19,23,28,31H,4-5,9,11-12,16,20-21H2,1-3H3,(H,36,37)/t28?,31-/m1/s1. The number of carboxylic acid groups (broad SMARTS) is 1. The summed E-state index contributed by atoms with van der Waals surface area (Å²) in [5.74, 6) is 1.16. The summed E-state index contributed by atoms with van der Waals surface area (Å²) >= 11 is 0. The van der Waals surface area contributed by atoms with E-state index < -0.39 is 5.97 Å². The summed E-state index contributed by atoms with van der Waals surface area (Å²) in [5, 5.41) is 9.40. The summed E-state index contributed by atoms with van der Waals surface area (Å²) in [7, 11) is 1.60. The zero-order chi connectivity index (χ0) is 27.6. The van der Waals surface area contributed by atoms with Crippen molar-refractivity contribution in [2.45, 2.75) is 77.2 Å². The number of rotatable bonds is 10. The van der Waals surface area contributed by atoms with E-state index in [1.165, 1.54) is 18.9 Å². The number of ether oxygens (including phenoxy) is 2. The monoisotopic (exact) mass is 530 g/mol. The molecule has 0 amide bonds. The van der Waals surface area contributed by atoms with Crippen LogP contribution in [0.1, 0.15) is 87.3 Å². The Morgan fingerprint density at radius 2 is 1.82 bits per heavy atom. The fourth-order valence-electron chi connectivity index (χ4n) is 6.39. The lowest BCUT2D eigenvalue weighted by molar-refractivity contribution is -0.137. The average molecular weight is 531 g/mol. The molecule has 3 aromatic carbocycles. The average Bonchev–Trinajstić information content (AvgIpc) is 3.76. The fourth-order valence-corrected chi connectivity index (χ4v) is 6.39. The van der Waals surface area contributed by atoms with Crippen LogP contribution in [0.2, 0.25) is 0 Å². The van der Waals surface area contributed by atoms with Gasteiger partial charge in [-0.05, 0) is 101 Å². The highest BCUT2D eigenvalue weighted by molar-refractivity contribution is 5.71. The Labute approximate surface area is 231 Å². The molecular formula is C34H39FO4. The van der Waals surface area contributed by atoms with E-state index in [-0.39, 0.29) is 23.6 Å². The zero-order valence-corrected chi connectivity index (χ0v) is 23.2. The van der Waals surface area contributed by atoms with Gasteiger partial charge in [-0.1, -0.05) is 57.0 Å². The first-order valence-corrected chi connectivity index (χ1v) is 14.2. The number of methoxy groups -OCH3 is 1. The van der Waals surface area contributed by atoms with Gasteiger partial charge in [0.25, 0.3) is 0 Å². The summed E-state index contributed by atoms with van der Waals surface area (Å²) in [6, 6.07) is 19.1. The predicted octanol–water partition coefficient (Wildman–Crippen LogP) is 8.73. The first-order valence-electron chi connectivity index (χ1n) is 14.2. The molecule has 2 aliphatic rings. The third-order valence-corrected chi connectivity index (χ3v) is 8.74. The van der Waals surface area contributed by atoms with Gasteiger partial charge in [0.2, 0.25) is 0 Å². The molecule has 0 radical (unpaired) electrons. The smallest absolute Gasteiger partial charge is 0.303 e. The minimum atomic E-state index is -0.760. The maximum Gasteiger partial charge on any atom is 0.303 e. The molecule has 0 saturated heterocycles. The number of hydrogen-bond donors (Lipinski definition) is 1. The van der Waals surface area contributed by atoms with Crippen molar-refractivity contribution in [3.63, 3.8) is 0 Å². The van der Waals surface area contributed by atoms with Crippen molar-refractivity contribution in [3.8, 4) is 22.6 Å². The zero-order valence-electron chi connectivity index (χ0n) is 23.2. The van der Waals surface area contributed by atoms with E-state index in [9.17, 15) is 9.90 Å². The van der Waals surface area contributed by atoms with E-state index in [0.29, 0.717) is 29.8 Å². The summed E-state index contributed by atoms with van der Waals surface area (Å²) < 4.78 is 26.8. The van der Waals surface area contributed by atoms with Gasteiger partial charge >= 0.3 is 5.97 Å². The first-order chi connectivity index (χ1) is 18.7. The van der Waals surface area contributed by atoms with E-state index in [4.69, 9.17) is 9.47 Å². The third kappa shape index (κ3) is 6.29. The van der Waals surface area contributed by atoms with Crippen LogP contribution in [0.3, 0.4) is 0 Å². The van der Waals surface area contributed by atoms with Gasteiger partial charge in [0.05, 0.1) is 13.5 Å². The Balaban J connectivity index is 1.44. The first kappa shape index (κ1) is 27.2. The number of halogens is 1. The maximum absolute atomic E-state index is 15.1. The Hall–Kier alpha value is -3.34. The highest BCUT2D eigenvalue weighted by Crippen LogP contribution is 2.50. The summed E-state index contributed by atoms with van der Waals surface area (Å²) in [6.07, 6.45) is 6.92. The Morgan fingerprint density at radius 1 is 1.00 bits per heavy atom. The number of benzene rings is 3. The molecule has 2 fully saturated rings. The van der Waals surface area contributed by atoms with Crippen molar-refractivity contribution in [1.82, 2.24) is 0 Å². The van der Waals surface area contributed by atoms with Gasteiger partial charge in [0.15, 0.2) is 0 Å². The van der Waals surface area contributed by atoms with Gasteiger partial charge in [-0.2, -0.15) is 0 Å². The SMILES string of the molecule is COc1ccc(F)c(-c2ccc(COc3cccc(C(CC(=O)O)C4CC4)c3)cc2[C@H]2CCCCC2(C)C)c1.